The summed E-state index contributed by atoms with van der Waals surface area (Å²) < 4.78 is 30.7. The number of carboxylic acids is 1. The standard InChI is InChI=1S/C14H25N3O6S/c1-4-6-17(7-5-2)13(18)12-11(16-24(3,21)22)9(15)8-10(23-12)14(19)20/h8-9,11-12,16H,4-7,15H2,1-3H3,(H,19,20)/t9-,11+,12+/m0/s1. The number of nitrogens with one attached hydrogen (secondary N) is 1. The van der Waals surface area contributed by atoms with E-state index in [2.05, 4.69) is 4.72 Å². The molecule has 0 radical (unpaired) electrons. The molecule has 9 nitrogen and oxygen atoms in total. The Morgan fingerprint density at radius 2 is 1.88 bits per heavy atom. The van der Waals surface area contributed by atoms with Gasteiger partial charge in [0, 0.05) is 19.1 Å². The Balaban J connectivity index is 3.17. The summed E-state index contributed by atoms with van der Waals surface area (Å²) in [5.74, 6) is -2.30. The maximum atomic E-state index is 12.8. The van der Waals surface area contributed by atoms with Crippen LogP contribution in [0.5, 0.6) is 0 Å². The maximum absolute atomic E-state index is 12.8. The minimum atomic E-state index is -3.67. The van der Waals surface area contributed by atoms with Crippen molar-refractivity contribution < 1.29 is 27.9 Å². The van der Waals surface area contributed by atoms with Crippen LogP contribution < -0.4 is 10.5 Å². The second-order valence-corrected chi connectivity index (χ2v) is 7.47. The third-order valence-corrected chi connectivity index (χ3v) is 4.14. The number of aliphatic carboxylic acids is 1. The molecule has 0 aliphatic carbocycles. The highest BCUT2D eigenvalue weighted by Gasteiger charge is 2.42. The zero-order chi connectivity index (χ0) is 18.5. The summed E-state index contributed by atoms with van der Waals surface area (Å²) in [4.78, 5) is 25.5. The molecule has 138 valence electrons. The normalized spacial score (nSPS) is 24.0. The van der Waals surface area contributed by atoms with Gasteiger partial charge in [0.05, 0.1) is 12.3 Å². The monoisotopic (exact) mass is 363 g/mol. The van der Waals surface area contributed by atoms with Crippen molar-refractivity contribution in [3.8, 4) is 0 Å². The molecule has 0 spiro atoms. The number of ether oxygens (including phenoxy) is 1. The van der Waals surface area contributed by atoms with Crippen molar-refractivity contribution in [1.82, 2.24) is 9.62 Å². The van der Waals surface area contributed by atoms with E-state index in [1.807, 2.05) is 13.8 Å². The largest absolute Gasteiger partial charge is 0.475 e. The van der Waals surface area contributed by atoms with Gasteiger partial charge in [-0.2, -0.15) is 0 Å². The third-order valence-electron chi connectivity index (χ3n) is 3.44. The lowest BCUT2D eigenvalue weighted by atomic mass is 9.98. The minimum absolute atomic E-state index is 0.458. The van der Waals surface area contributed by atoms with Crippen molar-refractivity contribution >= 4 is 21.9 Å². The summed E-state index contributed by atoms with van der Waals surface area (Å²) in [6, 6.07) is -2.08. The Kier molecular flexibility index (Phi) is 7.18. The summed E-state index contributed by atoms with van der Waals surface area (Å²) in [7, 11) is -3.67. The Hall–Kier alpha value is -1.65. The van der Waals surface area contributed by atoms with Crippen molar-refractivity contribution in [3.63, 3.8) is 0 Å². The number of carbonyl (C=O) groups excluding carboxylic acids is 1. The second kappa shape index (κ2) is 8.45. The first-order valence-electron chi connectivity index (χ1n) is 7.74. The summed E-state index contributed by atoms with van der Waals surface area (Å²) >= 11 is 0. The van der Waals surface area contributed by atoms with Crippen LogP contribution in [0.15, 0.2) is 11.8 Å². The number of hydrogen-bond donors (Lipinski definition) is 3. The highest BCUT2D eigenvalue weighted by Crippen LogP contribution is 2.20. The maximum Gasteiger partial charge on any atom is 0.370 e. The molecule has 0 fully saturated rings. The molecule has 4 N–H and O–H groups in total. The number of sulfonamides is 1. The molecule has 10 heteroatoms. The molecule has 1 aliphatic heterocycles. The zero-order valence-electron chi connectivity index (χ0n) is 14.1. The molecule has 1 aliphatic rings. The first kappa shape index (κ1) is 20.4. The molecule has 3 atom stereocenters. The SMILES string of the molecule is CCCN(CCC)C(=O)[C@@H]1OC(C(=O)O)=C[C@H](N)[C@H]1NS(C)(=O)=O. The van der Waals surface area contributed by atoms with E-state index >= 15 is 0 Å². The van der Waals surface area contributed by atoms with Crippen molar-refractivity contribution in [3.05, 3.63) is 11.8 Å². The molecular weight excluding hydrogens is 338 g/mol. The van der Waals surface area contributed by atoms with Crippen LogP contribution in [0.1, 0.15) is 26.7 Å². The molecule has 0 aromatic rings. The Morgan fingerprint density at radius 1 is 1.33 bits per heavy atom. The highest BCUT2D eigenvalue weighted by molar-refractivity contribution is 7.88. The van der Waals surface area contributed by atoms with E-state index in [1.165, 1.54) is 4.90 Å². The summed E-state index contributed by atoms with van der Waals surface area (Å²) in [5.41, 5.74) is 5.87. The smallest absolute Gasteiger partial charge is 0.370 e. The Labute approximate surface area is 141 Å². The second-order valence-electron chi connectivity index (χ2n) is 5.69. The average Bonchev–Trinajstić information content (AvgIpc) is 2.46. The van der Waals surface area contributed by atoms with Gasteiger partial charge in [0.1, 0.15) is 0 Å². The quantitative estimate of drug-likeness (QED) is 0.515. The van der Waals surface area contributed by atoms with Crippen LogP contribution in [0, 0.1) is 0 Å². The van der Waals surface area contributed by atoms with Crippen molar-refractivity contribution in [2.24, 2.45) is 5.73 Å². The number of carboxylic acid groups (broad SMARTS) is 1. The topological polar surface area (TPSA) is 139 Å². The van der Waals surface area contributed by atoms with Crippen LogP contribution in [0.2, 0.25) is 0 Å². The summed E-state index contributed by atoms with van der Waals surface area (Å²) in [5, 5.41) is 9.11. The molecule has 0 saturated carbocycles. The van der Waals surface area contributed by atoms with Gasteiger partial charge in [-0.1, -0.05) is 13.8 Å². The summed E-state index contributed by atoms with van der Waals surface area (Å²) in [6.45, 7) is 4.72. The van der Waals surface area contributed by atoms with E-state index in [-0.39, 0.29) is 0 Å². The number of nitrogens with zero attached hydrogens (tertiary/aromatic N) is 1. The van der Waals surface area contributed by atoms with Crippen LogP contribution >= 0.6 is 0 Å². The summed E-state index contributed by atoms with van der Waals surface area (Å²) in [6.07, 6.45) is 2.11. The van der Waals surface area contributed by atoms with Crippen molar-refractivity contribution in [1.29, 1.82) is 0 Å². The number of nitrogens with two attached hydrogens (primary N) is 1. The lowest BCUT2D eigenvalue weighted by molar-refractivity contribution is -0.148. The first-order valence-corrected chi connectivity index (χ1v) is 9.63. The fourth-order valence-electron chi connectivity index (χ4n) is 2.49. The van der Waals surface area contributed by atoms with E-state index in [9.17, 15) is 18.0 Å². The number of rotatable bonds is 8. The number of carbonyl (C=O) groups is 2. The lowest BCUT2D eigenvalue weighted by Gasteiger charge is -2.36. The van der Waals surface area contributed by atoms with Gasteiger partial charge in [-0.3, -0.25) is 4.79 Å². The van der Waals surface area contributed by atoms with E-state index in [4.69, 9.17) is 15.6 Å². The molecule has 0 aromatic heterocycles. The highest BCUT2D eigenvalue weighted by atomic mass is 32.2. The minimum Gasteiger partial charge on any atom is -0.475 e. The molecule has 0 unspecified atom stereocenters. The Morgan fingerprint density at radius 3 is 2.29 bits per heavy atom. The van der Waals surface area contributed by atoms with Crippen LogP contribution in [0.4, 0.5) is 0 Å². The molecule has 1 heterocycles. The van der Waals surface area contributed by atoms with Crippen LogP contribution in [-0.4, -0.2) is 67.8 Å². The van der Waals surface area contributed by atoms with Gasteiger partial charge >= 0.3 is 5.97 Å². The van der Waals surface area contributed by atoms with Gasteiger partial charge in [0.15, 0.2) is 6.10 Å². The van der Waals surface area contributed by atoms with Gasteiger partial charge in [-0.05, 0) is 18.9 Å². The van der Waals surface area contributed by atoms with Gasteiger partial charge in [0.2, 0.25) is 15.8 Å². The number of hydrogen-bond acceptors (Lipinski definition) is 6. The fourth-order valence-corrected chi connectivity index (χ4v) is 3.27. The van der Waals surface area contributed by atoms with Gasteiger partial charge < -0.3 is 20.5 Å². The number of amides is 1. The van der Waals surface area contributed by atoms with Crippen molar-refractivity contribution in [2.75, 3.05) is 19.3 Å². The van der Waals surface area contributed by atoms with Gasteiger partial charge in [-0.25, -0.2) is 17.9 Å². The Bertz CT molecular complexity index is 598. The molecule has 0 bridgehead atoms. The first-order chi connectivity index (χ1) is 11.1. The average molecular weight is 363 g/mol. The van der Waals surface area contributed by atoms with E-state index < -0.39 is 45.8 Å². The molecule has 1 rings (SSSR count). The van der Waals surface area contributed by atoms with Gasteiger partial charge in [0.25, 0.3) is 5.91 Å². The predicted octanol–water partition coefficient (Wildman–Crippen LogP) is -0.753. The molecule has 0 aromatic carbocycles. The van der Waals surface area contributed by atoms with Crippen molar-refractivity contribution in [2.45, 2.75) is 44.9 Å². The lowest BCUT2D eigenvalue weighted by Crippen LogP contribution is -2.61. The van der Waals surface area contributed by atoms with Gasteiger partial charge in [-0.15, -0.1) is 0 Å². The fraction of sp³-hybridized carbons (Fsp3) is 0.714. The zero-order valence-corrected chi connectivity index (χ0v) is 14.9. The van der Waals surface area contributed by atoms with E-state index in [0.717, 1.165) is 12.3 Å². The van der Waals surface area contributed by atoms with Crippen LogP contribution in [-0.2, 0) is 24.3 Å². The third kappa shape index (κ3) is 5.46. The molecule has 1 amide bonds. The van der Waals surface area contributed by atoms with E-state index in [0.29, 0.717) is 25.9 Å². The molecule has 0 saturated heterocycles. The van der Waals surface area contributed by atoms with Crippen LogP contribution in [0.3, 0.4) is 0 Å². The predicted molar refractivity (Wildman–Crippen MR) is 87.5 cm³/mol. The molecule has 24 heavy (non-hydrogen) atoms. The van der Waals surface area contributed by atoms with E-state index in [1.54, 1.807) is 0 Å². The molecular formula is C14H25N3O6S. The van der Waals surface area contributed by atoms with Crippen LogP contribution in [0.25, 0.3) is 0 Å².